The number of nitrogens with two attached hydrogens (primary N) is 2. The van der Waals surface area contributed by atoms with Crippen LogP contribution in [0, 0.1) is 11.8 Å². The van der Waals surface area contributed by atoms with E-state index in [0.29, 0.717) is 6.04 Å². The fourth-order valence-electron chi connectivity index (χ4n) is 2.34. The third-order valence-electron chi connectivity index (χ3n) is 3.01. The smallest absolute Gasteiger partial charge is 0.0143 e. The minimum absolute atomic E-state index is 0. The second-order valence-corrected chi connectivity index (χ2v) is 5.06. The van der Waals surface area contributed by atoms with E-state index in [4.69, 9.17) is 11.5 Å². The molecule has 1 aliphatic carbocycles. The predicted octanol–water partition coefficient (Wildman–Crippen LogP) is 1.69. The molecule has 0 heterocycles. The Balaban J connectivity index is 0. The molecule has 1 saturated carbocycles. The molecule has 1 fully saturated rings. The van der Waals surface area contributed by atoms with Gasteiger partial charge in [0, 0.05) is 11.6 Å². The number of hydrogen-bond acceptors (Lipinski definition) is 2. The van der Waals surface area contributed by atoms with Gasteiger partial charge in [-0.2, -0.15) is 0 Å². The van der Waals surface area contributed by atoms with Gasteiger partial charge in [-0.1, -0.05) is 27.7 Å². The van der Waals surface area contributed by atoms with E-state index in [1.54, 1.807) is 0 Å². The topological polar surface area (TPSA) is 83.5 Å². The lowest BCUT2D eigenvalue weighted by atomic mass is 9.71. The molecular formula is C12H30N2O. The minimum atomic E-state index is -0.0212. The molecule has 0 aliphatic heterocycles. The van der Waals surface area contributed by atoms with Crippen LogP contribution in [0.4, 0.5) is 0 Å². The highest BCUT2D eigenvalue weighted by atomic mass is 16.0. The van der Waals surface area contributed by atoms with Gasteiger partial charge in [0.15, 0.2) is 0 Å². The summed E-state index contributed by atoms with van der Waals surface area (Å²) in [7, 11) is 0. The Hall–Kier alpha value is -0.120. The lowest BCUT2D eigenvalue weighted by Gasteiger charge is -2.40. The molecule has 6 N–H and O–H groups in total. The number of hydrogen-bond donors (Lipinski definition) is 2. The fraction of sp³-hybridized carbons (Fsp3) is 1.00. The van der Waals surface area contributed by atoms with Gasteiger partial charge in [-0.05, 0) is 38.0 Å². The molecule has 0 aromatic rings. The minimum Gasteiger partial charge on any atom is -0.412 e. The summed E-state index contributed by atoms with van der Waals surface area (Å²) >= 11 is 0. The first kappa shape index (κ1) is 17.3. The molecule has 0 aromatic carbocycles. The van der Waals surface area contributed by atoms with Crippen molar-refractivity contribution in [2.45, 2.75) is 65.5 Å². The van der Waals surface area contributed by atoms with Crippen molar-refractivity contribution >= 4 is 0 Å². The highest BCUT2D eigenvalue weighted by Crippen LogP contribution is 2.33. The Morgan fingerprint density at radius 1 is 1.20 bits per heavy atom. The molecule has 3 atom stereocenters. The highest BCUT2D eigenvalue weighted by molar-refractivity contribution is 4.92. The Bertz CT molecular complexity index is 158. The summed E-state index contributed by atoms with van der Waals surface area (Å²) in [5.74, 6) is 1.45. The third kappa shape index (κ3) is 6.13. The molecule has 15 heavy (non-hydrogen) atoms. The first-order valence-electron chi connectivity index (χ1n) is 5.95. The standard InChI is InChI=1S/C10H22N2.C2H6.H2O/c1-7(2)8-4-9(11)6-10(3,12)5-8;1-2;/h7-9H,4-6,11-12H2,1-3H3;1-2H3;1H2. The van der Waals surface area contributed by atoms with E-state index in [9.17, 15) is 0 Å². The van der Waals surface area contributed by atoms with E-state index in [-0.39, 0.29) is 11.0 Å². The largest absolute Gasteiger partial charge is 0.412 e. The van der Waals surface area contributed by atoms with E-state index in [1.807, 2.05) is 13.8 Å². The van der Waals surface area contributed by atoms with Crippen LogP contribution in [0.3, 0.4) is 0 Å². The van der Waals surface area contributed by atoms with Crippen LogP contribution < -0.4 is 11.5 Å². The number of rotatable bonds is 1. The molecule has 0 spiro atoms. The summed E-state index contributed by atoms with van der Waals surface area (Å²) in [5.41, 5.74) is 12.1. The van der Waals surface area contributed by atoms with Crippen LogP contribution in [-0.4, -0.2) is 17.1 Å². The van der Waals surface area contributed by atoms with Gasteiger partial charge in [0.25, 0.3) is 0 Å². The second-order valence-electron chi connectivity index (χ2n) is 5.06. The van der Waals surface area contributed by atoms with Gasteiger partial charge in [-0.3, -0.25) is 0 Å². The SMILES string of the molecule is CC.CC(C)C1CC(N)CC(C)(N)C1.O. The van der Waals surface area contributed by atoms with Gasteiger partial charge in [0.05, 0.1) is 0 Å². The summed E-state index contributed by atoms with van der Waals surface area (Å²) in [4.78, 5) is 0. The molecule has 1 rings (SSSR count). The van der Waals surface area contributed by atoms with Crippen LogP contribution in [0.2, 0.25) is 0 Å². The zero-order valence-electron chi connectivity index (χ0n) is 11.0. The van der Waals surface area contributed by atoms with Crippen LogP contribution in [0.15, 0.2) is 0 Å². The normalized spacial score (nSPS) is 35.2. The maximum atomic E-state index is 6.12. The summed E-state index contributed by atoms with van der Waals surface area (Å²) in [6.07, 6.45) is 3.28. The highest BCUT2D eigenvalue weighted by Gasteiger charge is 2.33. The van der Waals surface area contributed by atoms with Crippen molar-refractivity contribution in [1.29, 1.82) is 0 Å². The van der Waals surface area contributed by atoms with Gasteiger partial charge in [-0.25, -0.2) is 0 Å². The van der Waals surface area contributed by atoms with Gasteiger partial charge in [0.1, 0.15) is 0 Å². The van der Waals surface area contributed by atoms with Crippen molar-refractivity contribution in [3.8, 4) is 0 Å². The van der Waals surface area contributed by atoms with E-state index >= 15 is 0 Å². The van der Waals surface area contributed by atoms with Crippen molar-refractivity contribution in [2.24, 2.45) is 23.3 Å². The van der Waals surface area contributed by atoms with Crippen LogP contribution in [0.5, 0.6) is 0 Å². The van der Waals surface area contributed by atoms with Gasteiger partial charge < -0.3 is 16.9 Å². The first-order chi connectivity index (χ1) is 6.41. The zero-order chi connectivity index (χ0) is 11.4. The fourth-order valence-corrected chi connectivity index (χ4v) is 2.34. The Morgan fingerprint density at radius 3 is 2.00 bits per heavy atom. The van der Waals surface area contributed by atoms with Crippen molar-refractivity contribution in [1.82, 2.24) is 0 Å². The molecule has 0 bridgehead atoms. The van der Waals surface area contributed by atoms with Crippen molar-refractivity contribution in [3.05, 3.63) is 0 Å². The van der Waals surface area contributed by atoms with Crippen molar-refractivity contribution in [2.75, 3.05) is 0 Å². The Morgan fingerprint density at radius 2 is 1.67 bits per heavy atom. The van der Waals surface area contributed by atoms with Crippen molar-refractivity contribution in [3.63, 3.8) is 0 Å². The lowest BCUT2D eigenvalue weighted by Crippen LogP contribution is -2.49. The Kier molecular flexibility index (Phi) is 8.30. The summed E-state index contributed by atoms with van der Waals surface area (Å²) in [6, 6.07) is 0.321. The molecule has 0 saturated heterocycles. The molecule has 0 amide bonds. The zero-order valence-corrected chi connectivity index (χ0v) is 11.0. The van der Waals surface area contributed by atoms with Crippen LogP contribution in [0.25, 0.3) is 0 Å². The molecule has 0 aromatic heterocycles. The molecule has 1 aliphatic rings. The molecule has 94 valence electrons. The third-order valence-corrected chi connectivity index (χ3v) is 3.01. The molecule has 3 unspecified atom stereocenters. The maximum Gasteiger partial charge on any atom is 0.0143 e. The van der Waals surface area contributed by atoms with Crippen LogP contribution >= 0.6 is 0 Å². The molecule has 3 heteroatoms. The monoisotopic (exact) mass is 218 g/mol. The van der Waals surface area contributed by atoms with E-state index in [1.165, 1.54) is 0 Å². The summed E-state index contributed by atoms with van der Waals surface area (Å²) in [5, 5.41) is 0. The summed E-state index contributed by atoms with van der Waals surface area (Å²) in [6.45, 7) is 10.7. The molecular weight excluding hydrogens is 188 g/mol. The van der Waals surface area contributed by atoms with E-state index in [2.05, 4.69) is 20.8 Å². The second kappa shape index (κ2) is 7.20. The molecule has 3 nitrogen and oxygen atoms in total. The summed E-state index contributed by atoms with van der Waals surface area (Å²) < 4.78 is 0. The van der Waals surface area contributed by atoms with Crippen molar-refractivity contribution < 1.29 is 5.48 Å². The quantitative estimate of drug-likeness (QED) is 0.702. The van der Waals surface area contributed by atoms with Crippen LogP contribution in [0.1, 0.15) is 53.9 Å². The average molecular weight is 218 g/mol. The maximum absolute atomic E-state index is 6.12. The van der Waals surface area contributed by atoms with Gasteiger partial charge >= 0.3 is 0 Å². The average Bonchev–Trinajstić information content (AvgIpc) is 2.04. The first-order valence-corrected chi connectivity index (χ1v) is 5.95. The molecule has 0 radical (unpaired) electrons. The van der Waals surface area contributed by atoms with E-state index < -0.39 is 0 Å². The van der Waals surface area contributed by atoms with Crippen LogP contribution in [-0.2, 0) is 0 Å². The predicted molar refractivity (Wildman–Crippen MR) is 67.7 cm³/mol. The van der Waals surface area contributed by atoms with Gasteiger partial charge in [0.2, 0.25) is 0 Å². The van der Waals surface area contributed by atoms with E-state index in [0.717, 1.165) is 31.1 Å². The Labute approximate surface area is 94.9 Å². The van der Waals surface area contributed by atoms with Gasteiger partial charge in [-0.15, -0.1) is 0 Å². The lowest BCUT2D eigenvalue weighted by molar-refractivity contribution is 0.177.